The molecule has 0 unspecified atom stereocenters. The fraction of sp³-hybridized carbons (Fsp3) is 0.533. The summed E-state index contributed by atoms with van der Waals surface area (Å²) in [6, 6.07) is -0.206. The van der Waals surface area contributed by atoms with Gasteiger partial charge in [0.05, 0.1) is 12.5 Å². The molecular formula is C15H20N6O3. The van der Waals surface area contributed by atoms with Gasteiger partial charge in [0.1, 0.15) is 12.2 Å². The van der Waals surface area contributed by atoms with Crippen LogP contribution in [0.1, 0.15) is 42.9 Å². The van der Waals surface area contributed by atoms with Crippen molar-refractivity contribution in [3.8, 4) is 0 Å². The van der Waals surface area contributed by atoms with Crippen molar-refractivity contribution in [3.63, 3.8) is 0 Å². The zero-order chi connectivity index (χ0) is 17.3. The first-order valence-electron chi connectivity index (χ1n) is 7.98. The molecule has 1 saturated carbocycles. The Kier molecular flexibility index (Phi) is 4.32. The summed E-state index contributed by atoms with van der Waals surface area (Å²) in [5, 5.41) is 7.12. The molecule has 0 bridgehead atoms. The first-order chi connectivity index (χ1) is 11.5. The van der Waals surface area contributed by atoms with E-state index in [9.17, 15) is 14.4 Å². The van der Waals surface area contributed by atoms with Crippen LogP contribution in [0.3, 0.4) is 0 Å². The van der Waals surface area contributed by atoms with E-state index in [1.54, 1.807) is 11.6 Å². The van der Waals surface area contributed by atoms with Crippen molar-refractivity contribution in [2.75, 3.05) is 0 Å². The highest BCUT2D eigenvalue weighted by Crippen LogP contribution is 2.40. The largest absolute Gasteiger partial charge is 0.346 e. The highest BCUT2D eigenvalue weighted by molar-refractivity contribution is 5.79. The maximum atomic E-state index is 12.4. The summed E-state index contributed by atoms with van der Waals surface area (Å²) < 4.78 is 1.77. The van der Waals surface area contributed by atoms with E-state index in [0.717, 1.165) is 18.7 Å². The number of amides is 1. The predicted octanol–water partition coefficient (Wildman–Crippen LogP) is -0.207. The molecule has 2 aromatic heterocycles. The van der Waals surface area contributed by atoms with Crippen LogP contribution < -0.4 is 16.6 Å². The number of hydrogen-bond acceptors (Lipinski definition) is 5. The molecule has 9 nitrogen and oxygen atoms in total. The van der Waals surface area contributed by atoms with Crippen LogP contribution >= 0.6 is 0 Å². The van der Waals surface area contributed by atoms with Crippen molar-refractivity contribution < 1.29 is 4.79 Å². The molecule has 0 aliphatic heterocycles. The molecule has 128 valence electrons. The number of hydrogen-bond donors (Lipinski definition) is 3. The monoisotopic (exact) mass is 332 g/mol. The summed E-state index contributed by atoms with van der Waals surface area (Å²) in [7, 11) is 0. The summed E-state index contributed by atoms with van der Waals surface area (Å²) in [6.07, 6.45) is 3.44. The second-order valence-corrected chi connectivity index (χ2v) is 6.01. The minimum Gasteiger partial charge on any atom is -0.346 e. The Balaban J connectivity index is 1.78. The van der Waals surface area contributed by atoms with Gasteiger partial charge in [0.2, 0.25) is 5.91 Å². The molecule has 3 N–H and O–H groups in total. The minimum absolute atomic E-state index is 0.0958. The van der Waals surface area contributed by atoms with E-state index in [2.05, 4.69) is 25.4 Å². The van der Waals surface area contributed by atoms with Crippen LogP contribution in [-0.4, -0.2) is 30.6 Å². The van der Waals surface area contributed by atoms with Gasteiger partial charge in [-0.3, -0.25) is 14.6 Å². The summed E-state index contributed by atoms with van der Waals surface area (Å²) in [5.74, 6) is 0.803. The third-order valence-electron chi connectivity index (χ3n) is 4.23. The van der Waals surface area contributed by atoms with Gasteiger partial charge in [-0.25, -0.2) is 14.5 Å². The number of aromatic nitrogens is 5. The molecule has 24 heavy (non-hydrogen) atoms. The summed E-state index contributed by atoms with van der Waals surface area (Å²) >= 11 is 0. The van der Waals surface area contributed by atoms with Gasteiger partial charge >= 0.3 is 5.69 Å². The Morgan fingerprint density at radius 2 is 2.17 bits per heavy atom. The second kappa shape index (κ2) is 6.42. The van der Waals surface area contributed by atoms with Gasteiger partial charge in [0.25, 0.3) is 5.56 Å². The topological polar surface area (TPSA) is 126 Å². The van der Waals surface area contributed by atoms with Gasteiger partial charge in [0.15, 0.2) is 0 Å². The molecule has 0 aromatic carbocycles. The lowest BCUT2D eigenvalue weighted by Gasteiger charge is -2.18. The first kappa shape index (κ1) is 16.2. The van der Waals surface area contributed by atoms with E-state index in [-0.39, 0.29) is 23.9 Å². The Bertz CT molecular complexity index is 861. The Morgan fingerprint density at radius 1 is 1.42 bits per heavy atom. The first-order valence-corrected chi connectivity index (χ1v) is 7.98. The van der Waals surface area contributed by atoms with Gasteiger partial charge in [-0.15, -0.1) is 0 Å². The van der Waals surface area contributed by atoms with Crippen LogP contribution in [0, 0.1) is 12.8 Å². The van der Waals surface area contributed by atoms with Crippen molar-refractivity contribution >= 4 is 5.91 Å². The molecule has 1 aliphatic carbocycles. The maximum Gasteiger partial charge on any atom is 0.325 e. The average molecular weight is 332 g/mol. The molecule has 0 radical (unpaired) electrons. The molecule has 3 rings (SSSR count). The smallest absolute Gasteiger partial charge is 0.325 e. The van der Waals surface area contributed by atoms with E-state index >= 15 is 0 Å². The van der Waals surface area contributed by atoms with Crippen molar-refractivity contribution in [1.29, 1.82) is 0 Å². The molecule has 1 amide bonds. The summed E-state index contributed by atoms with van der Waals surface area (Å²) in [5.41, 5.74) is -0.447. The molecule has 2 aromatic rings. The number of nitrogens with one attached hydrogen (secondary N) is 3. The number of carbonyl (C=O) groups is 1. The molecule has 9 heteroatoms. The van der Waals surface area contributed by atoms with Crippen LogP contribution in [0.25, 0.3) is 0 Å². The highest BCUT2D eigenvalue weighted by Gasteiger charge is 2.36. The third kappa shape index (κ3) is 3.29. The predicted molar refractivity (Wildman–Crippen MR) is 85.4 cm³/mol. The van der Waals surface area contributed by atoms with Crippen LogP contribution in [0.4, 0.5) is 0 Å². The van der Waals surface area contributed by atoms with Crippen LogP contribution in [0.15, 0.2) is 15.9 Å². The fourth-order valence-electron chi connectivity index (χ4n) is 2.80. The number of carbonyl (C=O) groups excluding carboxylic acids is 1. The standard InChI is InChI=1S/C15H20N6O3/c1-3-21-13(16-7-17-21)12(9-4-5-9)19-11(22)6-10-8(2)18-15(24)20-14(10)23/h7,9,12H,3-6H2,1-2H3,(H,19,22)(H2,18,20,23,24)/t12-/m1/s1. The lowest BCUT2D eigenvalue weighted by atomic mass is 10.1. The third-order valence-corrected chi connectivity index (χ3v) is 4.23. The van der Waals surface area contributed by atoms with Crippen LogP contribution in [0.2, 0.25) is 0 Å². The number of nitrogens with zero attached hydrogens (tertiary/aromatic N) is 3. The second-order valence-electron chi connectivity index (χ2n) is 6.01. The zero-order valence-electron chi connectivity index (χ0n) is 13.6. The number of aromatic amines is 2. The maximum absolute atomic E-state index is 12.4. The van der Waals surface area contributed by atoms with Crippen LogP contribution in [0.5, 0.6) is 0 Å². The number of aryl methyl sites for hydroxylation is 2. The van der Waals surface area contributed by atoms with Gasteiger partial charge < -0.3 is 10.3 Å². The molecule has 0 spiro atoms. The number of rotatable bonds is 6. The van der Waals surface area contributed by atoms with Crippen molar-refractivity contribution in [3.05, 3.63) is 44.2 Å². The molecule has 1 aliphatic rings. The quantitative estimate of drug-likeness (QED) is 0.675. The SMILES string of the molecule is CCn1ncnc1[C@H](NC(=O)Cc1c(C)[nH]c(=O)[nH]c1=O)C1CC1. The summed E-state index contributed by atoms with van der Waals surface area (Å²) in [6.45, 7) is 4.24. The van der Waals surface area contributed by atoms with E-state index in [1.165, 1.54) is 6.33 Å². The lowest BCUT2D eigenvalue weighted by molar-refractivity contribution is -0.121. The van der Waals surface area contributed by atoms with Crippen molar-refractivity contribution in [2.24, 2.45) is 5.92 Å². The van der Waals surface area contributed by atoms with Crippen molar-refractivity contribution in [2.45, 2.75) is 45.7 Å². The van der Waals surface area contributed by atoms with Crippen molar-refractivity contribution in [1.82, 2.24) is 30.0 Å². The molecule has 0 saturated heterocycles. The van der Waals surface area contributed by atoms with Gasteiger partial charge in [0, 0.05) is 17.8 Å². The molecule has 1 atom stereocenters. The molecular weight excluding hydrogens is 312 g/mol. The number of H-pyrrole nitrogens is 2. The van der Waals surface area contributed by atoms with Gasteiger partial charge in [-0.05, 0) is 32.6 Å². The minimum atomic E-state index is -0.575. The molecule has 2 heterocycles. The Morgan fingerprint density at radius 3 is 2.79 bits per heavy atom. The van der Waals surface area contributed by atoms with E-state index in [0.29, 0.717) is 18.2 Å². The van der Waals surface area contributed by atoms with Gasteiger partial charge in [-0.2, -0.15) is 5.10 Å². The van der Waals surface area contributed by atoms with E-state index in [1.807, 2.05) is 6.92 Å². The molecule has 1 fully saturated rings. The lowest BCUT2D eigenvalue weighted by Crippen LogP contribution is -2.36. The zero-order valence-corrected chi connectivity index (χ0v) is 13.6. The fourth-order valence-corrected chi connectivity index (χ4v) is 2.80. The van der Waals surface area contributed by atoms with Gasteiger partial charge in [-0.1, -0.05) is 0 Å². The highest BCUT2D eigenvalue weighted by atomic mass is 16.2. The van der Waals surface area contributed by atoms with Crippen LogP contribution in [-0.2, 0) is 17.8 Å². The van der Waals surface area contributed by atoms with E-state index < -0.39 is 11.2 Å². The normalized spacial score (nSPS) is 15.2. The summed E-state index contributed by atoms with van der Waals surface area (Å²) in [4.78, 5) is 44.4. The Hall–Kier alpha value is -2.71. The Labute approximate surface area is 137 Å². The van der Waals surface area contributed by atoms with E-state index in [4.69, 9.17) is 0 Å². The average Bonchev–Trinajstić information content (AvgIpc) is 3.25.